The average Bonchev–Trinajstić information content (AvgIpc) is 3.59. The Bertz CT molecular complexity index is 1800. The van der Waals surface area contributed by atoms with E-state index in [2.05, 4.69) is 78.5 Å². The summed E-state index contributed by atoms with van der Waals surface area (Å²) >= 11 is 0. The number of aliphatic hydroxyl groups excluding tert-OH is 1. The first kappa shape index (κ1) is 45.7. The van der Waals surface area contributed by atoms with Crippen LogP contribution in [0.4, 0.5) is 0 Å². The molecule has 0 aromatic heterocycles. The lowest BCUT2D eigenvalue weighted by Crippen LogP contribution is -2.65. The topological polar surface area (TPSA) is 236 Å². The molecule has 10 N–H and O–H groups in total. The van der Waals surface area contributed by atoms with E-state index in [-0.39, 0.29) is 37.5 Å². The number of aryl methyl sites for hydroxylation is 1. The summed E-state index contributed by atoms with van der Waals surface area (Å²) in [6.45, 7) is 11.3. The van der Waals surface area contributed by atoms with Crippen molar-refractivity contribution in [2.24, 2.45) is 28.7 Å². The Morgan fingerprint density at radius 2 is 1.34 bits per heavy atom. The molecule has 6 rings (SSSR count). The Kier molecular flexibility index (Phi) is 15.4. The molecule has 0 spiro atoms. The van der Waals surface area contributed by atoms with E-state index in [0.29, 0.717) is 17.4 Å². The van der Waals surface area contributed by atoms with Gasteiger partial charge in [-0.2, -0.15) is 0 Å². The summed E-state index contributed by atoms with van der Waals surface area (Å²) in [5.41, 5.74) is 14.9. The van der Waals surface area contributed by atoms with Crippen LogP contribution < -0.4 is 38.1 Å². The van der Waals surface area contributed by atoms with Crippen molar-refractivity contribution in [3.8, 4) is 11.1 Å². The van der Waals surface area contributed by atoms with Gasteiger partial charge in [0.25, 0.3) is 5.91 Å². The van der Waals surface area contributed by atoms with Crippen molar-refractivity contribution >= 4 is 36.7 Å². The fourth-order valence-electron chi connectivity index (χ4n) is 8.82. The summed E-state index contributed by atoms with van der Waals surface area (Å²) in [5.74, 6) is -2.89. The molecule has 9 atom stereocenters. The molecular formula is C43H64BN7O8. The number of rotatable bonds is 20. The first-order valence-electron chi connectivity index (χ1n) is 21.1. The number of carbonyl (C=O) groups excluding carboxylic acids is 5. The van der Waals surface area contributed by atoms with Crippen LogP contribution in [-0.4, -0.2) is 103 Å². The van der Waals surface area contributed by atoms with Crippen molar-refractivity contribution in [2.75, 3.05) is 19.7 Å². The largest absolute Gasteiger partial charge is 0.481 e. The highest BCUT2D eigenvalue weighted by Gasteiger charge is 2.68. The normalized spacial score (nSPS) is 23.9. The van der Waals surface area contributed by atoms with Crippen LogP contribution in [0.2, 0.25) is 0 Å². The number of unbranched alkanes of at least 4 members (excludes halogenated alkanes) is 1. The molecule has 2 aromatic rings. The Morgan fingerprint density at radius 1 is 0.780 bits per heavy atom. The Balaban J connectivity index is 1.11. The molecule has 3 saturated carbocycles. The standard InChI is InChI=1S/C43H64BN7O8/c1-7-8-9-27-10-12-28(13-11-27)29-14-16-30(17-15-29)38(54)49-33(19-21-46)40(56)50-32(18-20-45)39(55)47-25(2)37(53)51-34(24-52)41(57)48-26(3)44-58-36-23-31-22-35(42(31,4)5)43(36,6)59-44/h10-17,25-26,31-36,52H,7-9,18-24,45-46H2,1-6H3,(H,47,55)(H,48,57)(H,49,54)(H,50,56)(H,51,53)/t25-,26-,31-,32?,33-,34-,35-,36?,43-/m0/s1. The summed E-state index contributed by atoms with van der Waals surface area (Å²) in [5, 5.41) is 23.2. The molecule has 16 heteroatoms. The molecule has 4 aliphatic rings. The average molecular weight is 818 g/mol. The van der Waals surface area contributed by atoms with Crippen molar-refractivity contribution in [3.63, 3.8) is 0 Å². The van der Waals surface area contributed by atoms with Crippen molar-refractivity contribution in [1.82, 2.24) is 26.6 Å². The molecule has 59 heavy (non-hydrogen) atoms. The van der Waals surface area contributed by atoms with Gasteiger partial charge in [0.1, 0.15) is 24.2 Å². The van der Waals surface area contributed by atoms with Crippen molar-refractivity contribution in [2.45, 2.75) is 128 Å². The van der Waals surface area contributed by atoms with Gasteiger partial charge in [0.15, 0.2) is 0 Å². The zero-order valence-corrected chi connectivity index (χ0v) is 35.3. The van der Waals surface area contributed by atoms with Gasteiger partial charge in [-0.05, 0) is 118 Å². The Hall–Kier alpha value is -4.35. The monoisotopic (exact) mass is 817 g/mol. The molecule has 0 radical (unpaired) electrons. The van der Waals surface area contributed by atoms with Crippen LogP contribution in [0.1, 0.15) is 96.0 Å². The summed E-state index contributed by atoms with van der Waals surface area (Å²) in [7, 11) is -0.694. The maximum atomic E-state index is 13.5. The quantitative estimate of drug-likeness (QED) is 0.0902. The highest BCUT2D eigenvalue weighted by Crippen LogP contribution is 2.65. The van der Waals surface area contributed by atoms with E-state index in [4.69, 9.17) is 20.8 Å². The van der Waals surface area contributed by atoms with Crippen LogP contribution in [0.3, 0.4) is 0 Å². The second kappa shape index (κ2) is 19.8. The minimum absolute atomic E-state index is 0.0267. The third kappa shape index (κ3) is 10.5. The summed E-state index contributed by atoms with van der Waals surface area (Å²) < 4.78 is 12.7. The van der Waals surface area contributed by atoms with Crippen LogP contribution in [0.25, 0.3) is 11.1 Å². The predicted molar refractivity (Wildman–Crippen MR) is 225 cm³/mol. The summed E-state index contributed by atoms with van der Waals surface area (Å²) in [6, 6.07) is 10.7. The lowest BCUT2D eigenvalue weighted by atomic mass is 9.43. The van der Waals surface area contributed by atoms with Gasteiger partial charge in [-0.3, -0.25) is 24.0 Å². The lowest BCUT2D eigenvalue weighted by Gasteiger charge is -2.64. The molecule has 1 saturated heterocycles. The van der Waals surface area contributed by atoms with Crippen molar-refractivity contribution < 1.29 is 38.4 Å². The smallest absolute Gasteiger partial charge is 0.404 e. The predicted octanol–water partition coefficient (Wildman–Crippen LogP) is 1.73. The number of aliphatic hydroxyl groups is 1. The van der Waals surface area contributed by atoms with Crippen LogP contribution in [0.5, 0.6) is 0 Å². The zero-order chi connectivity index (χ0) is 43.1. The van der Waals surface area contributed by atoms with E-state index in [0.717, 1.165) is 43.2 Å². The van der Waals surface area contributed by atoms with E-state index < -0.39 is 79.0 Å². The molecule has 2 unspecified atom stereocenters. The molecule has 1 aliphatic heterocycles. The van der Waals surface area contributed by atoms with Gasteiger partial charge in [0.05, 0.1) is 24.3 Å². The van der Waals surface area contributed by atoms with Crippen LogP contribution in [-0.2, 0) is 34.9 Å². The molecule has 5 amide bonds. The van der Waals surface area contributed by atoms with Crippen LogP contribution in [0, 0.1) is 17.3 Å². The highest BCUT2D eigenvalue weighted by atomic mass is 16.7. The van der Waals surface area contributed by atoms with Crippen LogP contribution >= 0.6 is 0 Å². The fraction of sp³-hybridized carbons (Fsp3) is 0.605. The number of hydrogen-bond donors (Lipinski definition) is 8. The summed E-state index contributed by atoms with van der Waals surface area (Å²) in [6.07, 6.45) is 5.31. The lowest BCUT2D eigenvalue weighted by molar-refractivity contribution is -0.199. The van der Waals surface area contributed by atoms with E-state index in [1.165, 1.54) is 12.5 Å². The van der Waals surface area contributed by atoms with E-state index in [1.807, 2.05) is 12.1 Å². The second-order valence-corrected chi connectivity index (χ2v) is 17.2. The van der Waals surface area contributed by atoms with Gasteiger partial charge in [-0.1, -0.05) is 63.6 Å². The minimum Gasteiger partial charge on any atom is -0.404 e. The number of amides is 5. The van der Waals surface area contributed by atoms with Gasteiger partial charge in [0.2, 0.25) is 23.6 Å². The van der Waals surface area contributed by atoms with Gasteiger partial charge >= 0.3 is 7.12 Å². The maximum Gasteiger partial charge on any atom is 0.481 e. The maximum absolute atomic E-state index is 13.5. The Labute approximate surface area is 348 Å². The fourth-order valence-corrected chi connectivity index (χ4v) is 8.82. The third-order valence-electron chi connectivity index (χ3n) is 12.7. The molecule has 4 fully saturated rings. The molecule has 322 valence electrons. The van der Waals surface area contributed by atoms with E-state index in [1.54, 1.807) is 19.1 Å². The molecular weight excluding hydrogens is 753 g/mol. The second-order valence-electron chi connectivity index (χ2n) is 17.2. The van der Waals surface area contributed by atoms with Crippen molar-refractivity contribution in [3.05, 3.63) is 59.7 Å². The molecule has 2 bridgehead atoms. The number of nitrogens with one attached hydrogen (secondary N) is 5. The zero-order valence-electron chi connectivity index (χ0n) is 35.3. The number of nitrogens with two attached hydrogens (primary N) is 2. The van der Waals surface area contributed by atoms with Gasteiger partial charge in [-0.15, -0.1) is 0 Å². The molecule has 3 aliphatic carbocycles. The van der Waals surface area contributed by atoms with Gasteiger partial charge in [-0.25, -0.2) is 0 Å². The molecule has 2 aromatic carbocycles. The Morgan fingerprint density at radius 3 is 1.92 bits per heavy atom. The van der Waals surface area contributed by atoms with E-state index in [9.17, 15) is 29.1 Å². The highest BCUT2D eigenvalue weighted by molar-refractivity contribution is 6.47. The van der Waals surface area contributed by atoms with E-state index >= 15 is 0 Å². The third-order valence-corrected chi connectivity index (χ3v) is 12.7. The van der Waals surface area contributed by atoms with Crippen LogP contribution in [0.15, 0.2) is 48.5 Å². The molecule has 1 heterocycles. The van der Waals surface area contributed by atoms with Gasteiger partial charge in [0, 0.05) is 5.56 Å². The van der Waals surface area contributed by atoms with Gasteiger partial charge < -0.3 is 52.5 Å². The SMILES string of the molecule is CCCCc1ccc(-c2ccc(C(=O)N[C@@H](CCN)C(=O)NC(CCN)C(=O)N[C@@H](C)C(=O)N[C@@H](CO)C(=O)N[C@@H](C)B3OC4C[C@@H]5C[C@@H](C5(C)C)[C@]4(C)O3)cc2)cc1. The number of benzene rings is 2. The summed E-state index contributed by atoms with van der Waals surface area (Å²) in [4.78, 5) is 66.5. The van der Waals surface area contributed by atoms with Crippen molar-refractivity contribution in [1.29, 1.82) is 0 Å². The first-order valence-corrected chi connectivity index (χ1v) is 21.1. The number of carbonyl (C=O) groups is 5. The number of hydrogen-bond acceptors (Lipinski definition) is 10. The minimum atomic E-state index is -1.33. The first-order chi connectivity index (χ1) is 28.1. The molecule has 15 nitrogen and oxygen atoms in total.